The third-order valence-electron chi connectivity index (χ3n) is 5.54. The lowest BCUT2D eigenvalue weighted by Gasteiger charge is -2.43. The van der Waals surface area contributed by atoms with Gasteiger partial charge in [0.25, 0.3) is 5.91 Å². The van der Waals surface area contributed by atoms with Gasteiger partial charge in [0.15, 0.2) is 0 Å². The summed E-state index contributed by atoms with van der Waals surface area (Å²) in [5.41, 5.74) is 7.65. The van der Waals surface area contributed by atoms with Crippen LogP contribution in [0.25, 0.3) is 0 Å². The number of fused-ring (bicyclic) bond motifs is 2. The van der Waals surface area contributed by atoms with Crippen LogP contribution in [0.15, 0.2) is 24.3 Å². The van der Waals surface area contributed by atoms with E-state index >= 15 is 0 Å². The lowest BCUT2D eigenvalue weighted by atomic mass is 9.65. The second-order valence-corrected chi connectivity index (χ2v) is 7.12. The molecule has 138 valence electrons. The maximum absolute atomic E-state index is 12.6. The van der Waals surface area contributed by atoms with E-state index in [-0.39, 0.29) is 36.2 Å². The van der Waals surface area contributed by atoms with E-state index < -0.39 is 0 Å². The minimum atomic E-state index is -0.0931. The first kappa shape index (κ1) is 19.7. The number of hydrogen-bond donors (Lipinski definition) is 3. The summed E-state index contributed by atoms with van der Waals surface area (Å²) in [7, 11) is 0. The molecule has 2 aliphatic rings. The molecule has 6 heteroatoms. The molecule has 5 nitrogen and oxygen atoms in total. The van der Waals surface area contributed by atoms with Crippen LogP contribution < -0.4 is 16.4 Å². The van der Waals surface area contributed by atoms with Gasteiger partial charge < -0.3 is 16.4 Å². The Labute approximate surface area is 155 Å². The molecule has 2 bridgehead atoms. The van der Waals surface area contributed by atoms with E-state index in [1.807, 2.05) is 6.92 Å². The summed E-state index contributed by atoms with van der Waals surface area (Å²) in [6, 6.07) is 7.34. The van der Waals surface area contributed by atoms with Crippen LogP contribution in [0.3, 0.4) is 0 Å². The summed E-state index contributed by atoms with van der Waals surface area (Å²) in [4.78, 5) is 24.4. The van der Waals surface area contributed by atoms with E-state index in [1.54, 1.807) is 24.3 Å². The number of amides is 2. The molecular weight excluding hydrogens is 338 g/mol. The lowest BCUT2D eigenvalue weighted by Crippen LogP contribution is -2.48. The Morgan fingerprint density at radius 1 is 1.12 bits per heavy atom. The zero-order valence-electron chi connectivity index (χ0n) is 14.7. The Balaban J connectivity index is 0.00000225. The van der Waals surface area contributed by atoms with Crippen LogP contribution in [-0.2, 0) is 4.79 Å². The highest BCUT2D eigenvalue weighted by atomic mass is 35.5. The van der Waals surface area contributed by atoms with Crippen molar-refractivity contribution in [2.24, 2.45) is 23.5 Å². The number of rotatable bonds is 4. The smallest absolute Gasteiger partial charge is 0.251 e. The van der Waals surface area contributed by atoms with Gasteiger partial charge in [0.2, 0.25) is 5.91 Å². The van der Waals surface area contributed by atoms with Crippen LogP contribution in [0.2, 0.25) is 0 Å². The van der Waals surface area contributed by atoms with Gasteiger partial charge in [0, 0.05) is 29.8 Å². The van der Waals surface area contributed by atoms with Gasteiger partial charge in [-0.1, -0.05) is 6.42 Å². The van der Waals surface area contributed by atoms with E-state index in [1.165, 1.54) is 6.42 Å². The molecule has 2 atom stereocenters. The fourth-order valence-electron chi connectivity index (χ4n) is 4.22. The van der Waals surface area contributed by atoms with Gasteiger partial charge in [0.05, 0.1) is 0 Å². The molecule has 0 spiro atoms. The molecule has 25 heavy (non-hydrogen) atoms. The average Bonchev–Trinajstić information content (AvgIpc) is 2.55. The van der Waals surface area contributed by atoms with E-state index in [0.29, 0.717) is 23.9 Å². The molecule has 0 radical (unpaired) electrons. The first-order valence-electron chi connectivity index (χ1n) is 9.03. The number of nitrogens with one attached hydrogen (secondary N) is 2. The van der Waals surface area contributed by atoms with Gasteiger partial charge in [-0.25, -0.2) is 0 Å². The normalized spacial score (nSPS) is 27.8. The highest BCUT2D eigenvalue weighted by Crippen LogP contribution is 2.42. The first-order chi connectivity index (χ1) is 11.6. The molecule has 2 fully saturated rings. The maximum atomic E-state index is 12.6. The Morgan fingerprint density at radius 2 is 1.72 bits per heavy atom. The minimum Gasteiger partial charge on any atom is -0.352 e. The summed E-state index contributed by atoms with van der Waals surface area (Å²) in [6.45, 7) is 2.49. The van der Waals surface area contributed by atoms with Gasteiger partial charge in [-0.3, -0.25) is 9.59 Å². The molecule has 0 aromatic heterocycles. The average molecular weight is 366 g/mol. The molecule has 0 heterocycles. The number of anilines is 1. The third-order valence-corrected chi connectivity index (χ3v) is 5.54. The SMILES string of the molecule is CCNC(=O)c1ccc(NC(=O)C2CC3CCCC(C2)C3N)cc1.Cl. The summed E-state index contributed by atoms with van der Waals surface area (Å²) < 4.78 is 0. The summed E-state index contributed by atoms with van der Waals surface area (Å²) in [5.74, 6) is 1.04. The van der Waals surface area contributed by atoms with Crippen LogP contribution in [0.1, 0.15) is 49.4 Å². The van der Waals surface area contributed by atoms with Gasteiger partial charge >= 0.3 is 0 Å². The molecule has 2 aliphatic carbocycles. The quantitative estimate of drug-likeness (QED) is 0.766. The van der Waals surface area contributed by atoms with Crippen molar-refractivity contribution in [3.05, 3.63) is 29.8 Å². The van der Waals surface area contributed by atoms with Crippen molar-refractivity contribution >= 4 is 29.9 Å². The zero-order chi connectivity index (χ0) is 17.1. The molecule has 0 aliphatic heterocycles. The molecular formula is C19H28ClN3O2. The van der Waals surface area contributed by atoms with Gasteiger partial charge in [-0.05, 0) is 68.7 Å². The molecule has 0 saturated heterocycles. The van der Waals surface area contributed by atoms with Gasteiger partial charge in [-0.15, -0.1) is 12.4 Å². The van der Waals surface area contributed by atoms with Crippen molar-refractivity contribution < 1.29 is 9.59 Å². The van der Waals surface area contributed by atoms with Crippen LogP contribution in [-0.4, -0.2) is 24.4 Å². The number of carbonyl (C=O) groups excluding carboxylic acids is 2. The topological polar surface area (TPSA) is 84.2 Å². The molecule has 4 N–H and O–H groups in total. The molecule has 2 amide bonds. The fourth-order valence-corrected chi connectivity index (χ4v) is 4.22. The van der Waals surface area contributed by atoms with Crippen molar-refractivity contribution in [2.75, 3.05) is 11.9 Å². The number of benzene rings is 1. The highest BCUT2D eigenvalue weighted by molar-refractivity contribution is 5.96. The summed E-state index contributed by atoms with van der Waals surface area (Å²) >= 11 is 0. The highest BCUT2D eigenvalue weighted by Gasteiger charge is 2.40. The van der Waals surface area contributed by atoms with E-state index in [2.05, 4.69) is 10.6 Å². The van der Waals surface area contributed by atoms with E-state index in [0.717, 1.165) is 31.4 Å². The van der Waals surface area contributed by atoms with Crippen LogP contribution in [0.5, 0.6) is 0 Å². The van der Waals surface area contributed by atoms with Crippen molar-refractivity contribution in [3.63, 3.8) is 0 Å². The molecule has 1 aromatic rings. The zero-order valence-corrected chi connectivity index (χ0v) is 15.5. The van der Waals surface area contributed by atoms with Crippen LogP contribution in [0, 0.1) is 17.8 Å². The summed E-state index contributed by atoms with van der Waals surface area (Å²) in [5, 5.41) is 5.76. The number of hydrogen-bond acceptors (Lipinski definition) is 3. The van der Waals surface area contributed by atoms with E-state index in [9.17, 15) is 9.59 Å². The molecule has 3 rings (SSSR count). The van der Waals surface area contributed by atoms with Crippen molar-refractivity contribution in [1.29, 1.82) is 0 Å². The monoisotopic (exact) mass is 365 g/mol. The molecule has 2 saturated carbocycles. The number of carbonyl (C=O) groups is 2. The Bertz CT molecular complexity index is 591. The Kier molecular flexibility index (Phi) is 6.85. The van der Waals surface area contributed by atoms with Gasteiger partial charge in [-0.2, -0.15) is 0 Å². The second-order valence-electron chi connectivity index (χ2n) is 7.12. The van der Waals surface area contributed by atoms with Crippen molar-refractivity contribution in [2.45, 2.75) is 45.1 Å². The van der Waals surface area contributed by atoms with Crippen molar-refractivity contribution in [3.8, 4) is 0 Å². The van der Waals surface area contributed by atoms with E-state index in [4.69, 9.17) is 5.73 Å². The van der Waals surface area contributed by atoms with Crippen LogP contribution in [0.4, 0.5) is 5.69 Å². The minimum absolute atomic E-state index is 0. The first-order valence-corrected chi connectivity index (χ1v) is 9.03. The van der Waals surface area contributed by atoms with Crippen LogP contribution >= 0.6 is 12.4 Å². The third kappa shape index (κ3) is 4.53. The maximum Gasteiger partial charge on any atom is 0.251 e. The standard InChI is InChI=1S/C19H27N3O2.ClH/c1-2-21-18(23)12-6-8-16(9-7-12)22-19(24)15-10-13-4-3-5-14(11-15)17(13)20;/h6-9,13-15,17H,2-5,10-11,20H2,1H3,(H,21,23)(H,22,24);1H. The molecule has 1 aromatic carbocycles. The predicted molar refractivity (Wildman–Crippen MR) is 102 cm³/mol. The number of halogens is 1. The summed E-state index contributed by atoms with van der Waals surface area (Å²) in [6.07, 6.45) is 5.37. The largest absolute Gasteiger partial charge is 0.352 e. The Hall–Kier alpha value is -1.59. The Morgan fingerprint density at radius 3 is 2.28 bits per heavy atom. The van der Waals surface area contributed by atoms with Gasteiger partial charge in [0.1, 0.15) is 0 Å². The lowest BCUT2D eigenvalue weighted by molar-refractivity contribution is -0.122. The fraction of sp³-hybridized carbons (Fsp3) is 0.579. The molecule has 2 unspecified atom stereocenters. The second kappa shape index (κ2) is 8.68. The number of nitrogens with two attached hydrogens (primary N) is 1. The predicted octanol–water partition coefficient (Wildman–Crippen LogP) is 2.95. The van der Waals surface area contributed by atoms with Crippen molar-refractivity contribution in [1.82, 2.24) is 5.32 Å².